The topological polar surface area (TPSA) is 18.5 Å². The van der Waals surface area contributed by atoms with Gasteiger partial charge in [0.1, 0.15) is 11.5 Å². The third-order valence-electron chi connectivity index (χ3n) is 2.62. The number of ether oxygens (including phenoxy) is 2. The zero-order chi connectivity index (χ0) is 14.0. The van der Waals surface area contributed by atoms with Crippen LogP contribution in [0.4, 0.5) is 0 Å². The second-order valence-corrected chi connectivity index (χ2v) is 8.45. The van der Waals surface area contributed by atoms with Gasteiger partial charge in [0.2, 0.25) is 0 Å². The standard InChI is InChI=1S/C13H11Br3O2S/c1-17-8-3-7(4-9(5-8)18-2)12(15)10-6-11(14)19-13(10)16/h3-6,12H,1-2H3. The van der Waals surface area contributed by atoms with Crippen molar-refractivity contribution in [2.75, 3.05) is 14.2 Å². The largest absolute Gasteiger partial charge is 0.497 e. The molecule has 0 saturated carbocycles. The maximum Gasteiger partial charge on any atom is 0.122 e. The molecule has 2 aromatic rings. The average molecular weight is 471 g/mol. The van der Waals surface area contributed by atoms with Crippen molar-refractivity contribution in [3.8, 4) is 11.5 Å². The first kappa shape index (κ1) is 15.4. The second-order valence-electron chi connectivity index (χ2n) is 3.79. The van der Waals surface area contributed by atoms with Gasteiger partial charge in [0, 0.05) is 6.07 Å². The Bertz CT molecular complexity index is 561. The van der Waals surface area contributed by atoms with Crippen LogP contribution in [0.3, 0.4) is 0 Å². The van der Waals surface area contributed by atoms with E-state index in [1.165, 1.54) is 5.56 Å². The number of benzene rings is 1. The smallest absolute Gasteiger partial charge is 0.122 e. The third-order valence-corrected chi connectivity index (χ3v) is 6.03. The van der Waals surface area contributed by atoms with Crippen molar-refractivity contribution in [3.63, 3.8) is 0 Å². The van der Waals surface area contributed by atoms with Crippen molar-refractivity contribution >= 4 is 59.1 Å². The van der Waals surface area contributed by atoms with Crippen LogP contribution >= 0.6 is 59.1 Å². The highest BCUT2D eigenvalue weighted by Crippen LogP contribution is 2.43. The van der Waals surface area contributed by atoms with Gasteiger partial charge in [-0.25, -0.2) is 0 Å². The van der Waals surface area contributed by atoms with Crippen molar-refractivity contribution in [2.45, 2.75) is 4.83 Å². The molecule has 19 heavy (non-hydrogen) atoms. The van der Waals surface area contributed by atoms with Crippen LogP contribution in [0.2, 0.25) is 0 Å². The van der Waals surface area contributed by atoms with E-state index in [1.54, 1.807) is 25.6 Å². The predicted molar refractivity (Wildman–Crippen MR) is 90.0 cm³/mol. The van der Waals surface area contributed by atoms with E-state index >= 15 is 0 Å². The summed E-state index contributed by atoms with van der Waals surface area (Å²) < 4.78 is 12.8. The van der Waals surface area contributed by atoms with Gasteiger partial charge < -0.3 is 9.47 Å². The monoisotopic (exact) mass is 468 g/mol. The number of hydrogen-bond acceptors (Lipinski definition) is 3. The van der Waals surface area contributed by atoms with Crippen LogP contribution in [0.25, 0.3) is 0 Å². The van der Waals surface area contributed by atoms with Gasteiger partial charge in [-0.15, -0.1) is 11.3 Å². The normalized spacial score (nSPS) is 12.3. The van der Waals surface area contributed by atoms with Crippen LogP contribution in [-0.2, 0) is 0 Å². The van der Waals surface area contributed by atoms with Gasteiger partial charge in [-0.2, -0.15) is 0 Å². The summed E-state index contributed by atoms with van der Waals surface area (Å²) in [4.78, 5) is 0.0772. The molecule has 0 amide bonds. The Hall–Kier alpha value is -0.0400. The first-order valence-corrected chi connectivity index (χ1v) is 8.68. The molecule has 0 radical (unpaired) electrons. The molecule has 0 N–H and O–H groups in total. The molecule has 0 spiro atoms. The van der Waals surface area contributed by atoms with Crippen molar-refractivity contribution < 1.29 is 9.47 Å². The van der Waals surface area contributed by atoms with Crippen LogP contribution < -0.4 is 9.47 Å². The Labute approximate surface area is 141 Å². The number of hydrogen-bond donors (Lipinski definition) is 0. The summed E-state index contributed by atoms with van der Waals surface area (Å²) in [6, 6.07) is 7.96. The van der Waals surface area contributed by atoms with E-state index in [1.807, 2.05) is 18.2 Å². The summed E-state index contributed by atoms with van der Waals surface area (Å²) in [7, 11) is 3.30. The molecule has 0 saturated heterocycles. The lowest BCUT2D eigenvalue weighted by Crippen LogP contribution is -1.95. The van der Waals surface area contributed by atoms with E-state index < -0.39 is 0 Å². The molecule has 6 heteroatoms. The van der Waals surface area contributed by atoms with Gasteiger partial charge in [0.25, 0.3) is 0 Å². The molecule has 2 nitrogen and oxygen atoms in total. The molecule has 0 fully saturated rings. The van der Waals surface area contributed by atoms with E-state index in [9.17, 15) is 0 Å². The summed E-state index contributed by atoms with van der Waals surface area (Å²) >= 11 is 12.5. The lowest BCUT2D eigenvalue weighted by Gasteiger charge is -2.13. The van der Waals surface area contributed by atoms with Gasteiger partial charge in [0.05, 0.1) is 26.6 Å². The molecule has 0 aliphatic heterocycles. The highest BCUT2D eigenvalue weighted by molar-refractivity contribution is 9.12. The van der Waals surface area contributed by atoms with Crippen LogP contribution in [0.5, 0.6) is 11.5 Å². The summed E-state index contributed by atoms with van der Waals surface area (Å²) in [6.45, 7) is 0. The predicted octanol–water partition coefficient (Wildman–Crippen LogP) is 5.77. The van der Waals surface area contributed by atoms with Crippen LogP contribution in [-0.4, -0.2) is 14.2 Å². The maximum atomic E-state index is 5.30. The summed E-state index contributed by atoms with van der Waals surface area (Å²) in [5.41, 5.74) is 2.26. The van der Waals surface area contributed by atoms with Crippen LogP contribution in [0, 0.1) is 0 Å². The molecule has 1 heterocycles. The van der Waals surface area contributed by atoms with E-state index in [2.05, 4.69) is 53.9 Å². The summed E-state index contributed by atoms with van der Waals surface area (Å²) in [5, 5.41) is 0. The lowest BCUT2D eigenvalue weighted by atomic mass is 10.1. The molecule has 0 bridgehead atoms. The molecule has 2 rings (SSSR count). The fourth-order valence-corrected chi connectivity index (χ4v) is 5.67. The minimum atomic E-state index is 0.0772. The second kappa shape index (κ2) is 6.61. The number of methoxy groups -OCH3 is 2. The minimum Gasteiger partial charge on any atom is -0.497 e. The number of alkyl halides is 1. The summed E-state index contributed by atoms with van der Waals surface area (Å²) in [6.07, 6.45) is 0. The molecular weight excluding hydrogens is 460 g/mol. The zero-order valence-electron chi connectivity index (χ0n) is 10.2. The number of rotatable bonds is 4. The van der Waals surface area contributed by atoms with Gasteiger partial charge in [-0.3, -0.25) is 0 Å². The van der Waals surface area contributed by atoms with Crippen molar-refractivity contribution in [3.05, 3.63) is 43.0 Å². The van der Waals surface area contributed by atoms with Gasteiger partial charge >= 0.3 is 0 Å². The number of thiophene rings is 1. The molecule has 1 aromatic carbocycles. The van der Waals surface area contributed by atoms with Crippen molar-refractivity contribution in [1.29, 1.82) is 0 Å². The Morgan fingerprint density at radius 2 is 1.58 bits per heavy atom. The Morgan fingerprint density at radius 1 is 1.00 bits per heavy atom. The highest BCUT2D eigenvalue weighted by atomic mass is 79.9. The summed E-state index contributed by atoms with van der Waals surface area (Å²) in [5.74, 6) is 1.56. The molecule has 0 aliphatic carbocycles. The quantitative estimate of drug-likeness (QED) is 0.528. The fourth-order valence-electron chi connectivity index (χ4n) is 1.68. The average Bonchev–Trinajstić information content (AvgIpc) is 2.76. The SMILES string of the molecule is COc1cc(OC)cc(C(Br)c2cc(Br)sc2Br)c1. The highest BCUT2D eigenvalue weighted by Gasteiger charge is 2.18. The van der Waals surface area contributed by atoms with Crippen molar-refractivity contribution in [2.24, 2.45) is 0 Å². The first-order chi connectivity index (χ1) is 9.05. The Morgan fingerprint density at radius 3 is 2.00 bits per heavy atom. The lowest BCUT2D eigenvalue weighted by molar-refractivity contribution is 0.393. The number of halogens is 3. The zero-order valence-corrected chi connectivity index (χ0v) is 15.8. The molecule has 1 atom stereocenters. The molecule has 1 unspecified atom stereocenters. The first-order valence-electron chi connectivity index (χ1n) is 5.37. The molecular formula is C13H11Br3O2S. The van der Waals surface area contributed by atoms with E-state index in [-0.39, 0.29) is 4.83 Å². The molecule has 1 aromatic heterocycles. The Kier molecular flexibility index (Phi) is 5.34. The van der Waals surface area contributed by atoms with E-state index in [0.29, 0.717) is 0 Å². The van der Waals surface area contributed by atoms with Gasteiger partial charge in [-0.1, -0.05) is 15.9 Å². The van der Waals surface area contributed by atoms with Crippen LogP contribution in [0.15, 0.2) is 31.8 Å². The fraction of sp³-hybridized carbons (Fsp3) is 0.231. The van der Waals surface area contributed by atoms with E-state index in [0.717, 1.165) is 24.6 Å². The van der Waals surface area contributed by atoms with Gasteiger partial charge in [-0.05, 0) is 61.2 Å². The molecule has 102 valence electrons. The van der Waals surface area contributed by atoms with Crippen LogP contribution in [0.1, 0.15) is 16.0 Å². The van der Waals surface area contributed by atoms with Gasteiger partial charge in [0.15, 0.2) is 0 Å². The maximum absolute atomic E-state index is 5.30. The van der Waals surface area contributed by atoms with E-state index in [4.69, 9.17) is 9.47 Å². The minimum absolute atomic E-state index is 0.0772. The molecule has 0 aliphatic rings. The third kappa shape index (κ3) is 3.54. The Balaban J connectivity index is 2.43. The van der Waals surface area contributed by atoms with Crippen molar-refractivity contribution in [1.82, 2.24) is 0 Å².